The van der Waals surface area contributed by atoms with Crippen LogP contribution in [0.2, 0.25) is 0 Å². The Bertz CT molecular complexity index is 158. The van der Waals surface area contributed by atoms with Crippen LogP contribution < -0.4 is 0 Å². The molecule has 1 heterocycles. The standard InChI is InChI=1S/C12H26OS/c1-11-5-6-12(2)10-14(3,9-11)8-4-7-13/h11-13H,4-10H2,1-3H3. The van der Waals surface area contributed by atoms with Crippen molar-refractivity contribution in [3.63, 3.8) is 0 Å². The highest BCUT2D eigenvalue weighted by Crippen LogP contribution is 2.51. The van der Waals surface area contributed by atoms with Gasteiger partial charge in [-0.1, -0.05) is 13.8 Å². The van der Waals surface area contributed by atoms with Crippen molar-refractivity contribution in [1.29, 1.82) is 0 Å². The molecule has 86 valence electrons. The van der Waals surface area contributed by atoms with Crippen molar-refractivity contribution in [2.45, 2.75) is 33.1 Å². The number of rotatable bonds is 3. The third-order valence-corrected chi connectivity index (χ3v) is 7.34. The highest BCUT2D eigenvalue weighted by Gasteiger charge is 2.26. The Kier molecular flexibility index (Phi) is 4.78. The summed E-state index contributed by atoms with van der Waals surface area (Å²) in [4.78, 5) is 0. The molecule has 1 aliphatic heterocycles. The highest BCUT2D eigenvalue weighted by atomic mass is 32.3. The molecule has 1 nitrogen and oxygen atoms in total. The molecule has 0 aromatic rings. The Hall–Kier alpha value is 0.310. The van der Waals surface area contributed by atoms with Gasteiger partial charge in [0.1, 0.15) is 0 Å². The molecule has 1 rings (SSSR count). The molecule has 0 aliphatic carbocycles. The molecule has 0 aromatic carbocycles. The van der Waals surface area contributed by atoms with Crippen LogP contribution in [0.15, 0.2) is 0 Å². The molecular weight excluding hydrogens is 192 g/mol. The molecule has 0 aromatic heterocycles. The fourth-order valence-electron chi connectivity index (χ4n) is 2.76. The summed E-state index contributed by atoms with van der Waals surface area (Å²) >= 11 is 0. The quantitative estimate of drug-likeness (QED) is 0.772. The second-order valence-corrected chi connectivity index (χ2v) is 9.41. The fourth-order valence-corrected chi connectivity index (χ4v) is 7.13. The number of aliphatic hydroxyl groups excluding tert-OH is 1. The van der Waals surface area contributed by atoms with Gasteiger partial charge in [0.2, 0.25) is 0 Å². The minimum absolute atomic E-state index is 0.380. The molecule has 1 fully saturated rings. The van der Waals surface area contributed by atoms with Crippen LogP contribution in [0.3, 0.4) is 0 Å². The molecule has 0 saturated carbocycles. The van der Waals surface area contributed by atoms with E-state index < -0.39 is 10.0 Å². The topological polar surface area (TPSA) is 20.2 Å². The van der Waals surface area contributed by atoms with E-state index >= 15 is 0 Å². The van der Waals surface area contributed by atoms with E-state index in [1.54, 1.807) is 0 Å². The van der Waals surface area contributed by atoms with Crippen LogP contribution in [0.25, 0.3) is 0 Å². The molecule has 2 unspecified atom stereocenters. The van der Waals surface area contributed by atoms with E-state index in [4.69, 9.17) is 5.11 Å². The molecule has 14 heavy (non-hydrogen) atoms. The summed E-state index contributed by atoms with van der Waals surface area (Å²) in [5.74, 6) is 6.00. The first-order valence-corrected chi connectivity index (χ1v) is 8.43. The first-order chi connectivity index (χ1) is 6.56. The van der Waals surface area contributed by atoms with Gasteiger partial charge < -0.3 is 5.11 Å². The molecule has 0 bridgehead atoms. The number of hydrogen-bond acceptors (Lipinski definition) is 1. The maximum atomic E-state index is 8.93. The van der Waals surface area contributed by atoms with Crippen LogP contribution in [0, 0.1) is 11.8 Å². The zero-order valence-electron chi connectivity index (χ0n) is 9.96. The van der Waals surface area contributed by atoms with E-state index in [2.05, 4.69) is 20.1 Å². The van der Waals surface area contributed by atoms with Crippen molar-refractivity contribution in [2.24, 2.45) is 11.8 Å². The van der Waals surface area contributed by atoms with E-state index in [1.165, 1.54) is 30.1 Å². The van der Waals surface area contributed by atoms with Gasteiger partial charge in [0.15, 0.2) is 0 Å². The van der Waals surface area contributed by atoms with Crippen LogP contribution in [-0.2, 0) is 0 Å². The van der Waals surface area contributed by atoms with E-state index in [9.17, 15) is 0 Å². The lowest BCUT2D eigenvalue weighted by molar-refractivity contribution is 0.296. The molecule has 0 amide bonds. The molecule has 1 aliphatic rings. The average molecular weight is 218 g/mol. The van der Waals surface area contributed by atoms with Crippen molar-refractivity contribution in [3.05, 3.63) is 0 Å². The van der Waals surface area contributed by atoms with Crippen molar-refractivity contribution >= 4 is 10.0 Å². The van der Waals surface area contributed by atoms with Gasteiger partial charge in [-0.3, -0.25) is 0 Å². The van der Waals surface area contributed by atoms with Crippen LogP contribution in [0.4, 0.5) is 0 Å². The average Bonchev–Trinajstić information content (AvgIpc) is 2.23. The molecule has 2 atom stereocenters. The summed E-state index contributed by atoms with van der Waals surface area (Å²) < 4.78 is 0. The Morgan fingerprint density at radius 1 is 1.14 bits per heavy atom. The molecule has 1 saturated heterocycles. The van der Waals surface area contributed by atoms with Gasteiger partial charge in [0.05, 0.1) is 0 Å². The Labute approximate surface area is 90.6 Å². The van der Waals surface area contributed by atoms with E-state index in [1.807, 2.05) is 0 Å². The zero-order valence-corrected chi connectivity index (χ0v) is 10.8. The second-order valence-electron chi connectivity index (χ2n) is 5.38. The van der Waals surface area contributed by atoms with Gasteiger partial charge in [0, 0.05) is 6.61 Å². The summed E-state index contributed by atoms with van der Waals surface area (Å²) in [6, 6.07) is 0. The normalized spacial score (nSPS) is 44.0. The molecule has 1 N–H and O–H groups in total. The third kappa shape index (κ3) is 3.82. The first-order valence-electron chi connectivity index (χ1n) is 5.88. The lowest BCUT2D eigenvalue weighted by Crippen LogP contribution is -2.17. The smallest absolute Gasteiger partial charge is 0.0438 e. The summed E-state index contributed by atoms with van der Waals surface area (Å²) in [7, 11) is -0.397. The molecule has 2 heteroatoms. The minimum atomic E-state index is -0.397. The first kappa shape index (κ1) is 12.4. The summed E-state index contributed by atoms with van der Waals surface area (Å²) in [6.45, 7) is 5.19. The van der Waals surface area contributed by atoms with Crippen molar-refractivity contribution < 1.29 is 5.11 Å². The van der Waals surface area contributed by atoms with E-state index in [0.29, 0.717) is 6.61 Å². The predicted octanol–water partition coefficient (Wildman–Crippen LogP) is 2.87. The third-order valence-electron chi connectivity index (χ3n) is 3.32. The van der Waals surface area contributed by atoms with Gasteiger partial charge in [-0.2, -0.15) is 0 Å². The zero-order chi connectivity index (χ0) is 10.6. The lowest BCUT2D eigenvalue weighted by Gasteiger charge is -2.37. The Balaban J connectivity index is 2.53. The molecule has 0 spiro atoms. The maximum Gasteiger partial charge on any atom is 0.0438 e. The Morgan fingerprint density at radius 3 is 2.07 bits per heavy atom. The largest absolute Gasteiger partial charge is 0.396 e. The van der Waals surface area contributed by atoms with Crippen molar-refractivity contribution in [2.75, 3.05) is 30.1 Å². The number of aliphatic hydroxyl groups is 1. The van der Waals surface area contributed by atoms with Crippen LogP contribution in [0.5, 0.6) is 0 Å². The minimum Gasteiger partial charge on any atom is -0.396 e. The molecular formula is C12H26OS. The van der Waals surface area contributed by atoms with Gasteiger partial charge in [-0.15, -0.1) is 0 Å². The van der Waals surface area contributed by atoms with Gasteiger partial charge >= 0.3 is 0 Å². The lowest BCUT2D eigenvalue weighted by atomic mass is 10.0. The second kappa shape index (κ2) is 5.41. The van der Waals surface area contributed by atoms with Crippen LogP contribution >= 0.6 is 10.0 Å². The predicted molar refractivity (Wildman–Crippen MR) is 67.4 cm³/mol. The van der Waals surface area contributed by atoms with Gasteiger partial charge in [0.25, 0.3) is 0 Å². The Morgan fingerprint density at radius 2 is 1.64 bits per heavy atom. The summed E-state index contributed by atoms with van der Waals surface area (Å²) in [5.41, 5.74) is 0. The van der Waals surface area contributed by atoms with E-state index in [-0.39, 0.29) is 0 Å². The fraction of sp³-hybridized carbons (Fsp3) is 1.00. The van der Waals surface area contributed by atoms with E-state index in [0.717, 1.165) is 18.3 Å². The van der Waals surface area contributed by atoms with Gasteiger partial charge in [-0.05, 0) is 54.6 Å². The maximum absolute atomic E-state index is 8.93. The highest BCUT2D eigenvalue weighted by molar-refractivity contribution is 8.33. The van der Waals surface area contributed by atoms with Crippen molar-refractivity contribution in [1.82, 2.24) is 0 Å². The van der Waals surface area contributed by atoms with Crippen LogP contribution in [0.1, 0.15) is 33.1 Å². The summed E-state index contributed by atoms with van der Waals surface area (Å²) in [6.07, 6.45) is 6.36. The SMILES string of the molecule is CC1CCC(C)CS(C)(CCCO)C1. The molecule has 0 radical (unpaired) electrons. The summed E-state index contributed by atoms with van der Waals surface area (Å²) in [5, 5.41) is 8.93. The number of hydrogen-bond donors (Lipinski definition) is 1. The van der Waals surface area contributed by atoms with Gasteiger partial charge in [-0.25, -0.2) is 10.0 Å². The van der Waals surface area contributed by atoms with Crippen LogP contribution in [-0.4, -0.2) is 35.2 Å². The monoisotopic (exact) mass is 218 g/mol. The van der Waals surface area contributed by atoms with Crippen molar-refractivity contribution in [3.8, 4) is 0 Å².